The Kier molecular flexibility index (Phi) is 4.99. The number of hydrogen-bond donors (Lipinski definition) is 2. The number of Topliss-reactive ketones (excluding diaryl/α,β-unsaturated/α-hetero) is 1. The standard InChI is InChI=1S/C27H36N2O/c1-24(2,3)28-17-26(21-13-9-7-10-14-21)19-29(25(4,5)6)20-27(18-28,23(26)30)22-15-11-8-12-16-22/h7-16H,17-20H2,1-6H3/p+2. The molecule has 0 aromatic heterocycles. The Morgan fingerprint density at radius 1 is 0.600 bits per heavy atom. The van der Waals surface area contributed by atoms with Crippen molar-refractivity contribution in [1.82, 2.24) is 0 Å². The van der Waals surface area contributed by atoms with Gasteiger partial charge in [-0.3, -0.25) is 4.79 Å². The highest BCUT2D eigenvalue weighted by Crippen LogP contribution is 2.39. The molecule has 4 rings (SSSR count). The number of quaternary nitrogens is 2. The molecule has 0 radical (unpaired) electrons. The van der Waals surface area contributed by atoms with Gasteiger partial charge in [-0.25, -0.2) is 0 Å². The normalized spacial score (nSPS) is 32.1. The van der Waals surface area contributed by atoms with Crippen molar-refractivity contribution in [2.75, 3.05) is 26.2 Å². The molecular weight excluding hydrogens is 368 g/mol. The molecule has 0 aliphatic carbocycles. The van der Waals surface area contributed by atoms with Gasteiger partial charge in [-0.05, 0) is 52.7 Å². The molecule has 3 nitrogen and oxygen atoms in total. The Hall–Kier alpha value is -1.97. The smallest absolute Gasteiger partial charge is 0.176 e. The molecule has 2 heterocycles. The summed E-state index contributed by atoms with van der Waals surface area (Å²) in [4.78, 5) is 17.6. The van der Waals surface area contributed by atoms with Crippen molar-refractivity contribution >= 4 is 5.78 Å². The summed E-state index contributed by atoms with van der Waals surface area (Å²) < 4.78 is 0. The molecule has 160 valence electrons. The van der Waals surface area contributed by atoms with Crippen LogP contribution in [0, 0.1) is 0 Å². The Morgan fingerprint density at radius 2 is 0.900 bits per heavy atom. The van der Waals surface area contributed by atoms with Crippen LogP contribution in [0.1, 0.15) is 52.7 Å². The number of carbonyl (C=O) groups is 1. The van der Waals surface area contributed by atoms with Crippen LogP contribution in [0.4, 0.5) is 0 Å². The van der Waals surface area contributed by atoms with Crippen LogP contribution >= 0.6 is 0 Å². The van der Waals surface area contributed by atoms with Crippen LogP contribution in [-0.2, 0) is 15.6 Å². The molecule has 2 N–H and O–H groups in total. The molecule has 0 spiro atoms. The summed E-state index contributed by atoms with van der Waals surface area (Å²) >= 11 is 0. The van der Waals surface area contributed by atoms with Crippen LogP contribution in [0.2, 0.25) is 0 Å². The number of rotatable bonds is 2. The predicted molar refractivity (Wildman–Crippen MR) is 122 cm³/mol. The monoisotopic (exact) mass is 406 g/mol. The highest BCUT2D eigenvalue weighted by atomic mass is 16.1. The van der Waals surface area contributed by atoms with Crippen molar-refractivity contribution in [3.63, 3.8) is 0 Å². The van der Waals surface area contributed by atoms with E-state index in [1.807, 2.05) is 0 Å². The van der Waals surface area contributed by atoms with E-state index in [0.29, 0.717) is 5.78 Å². The lowest BCUT2D eigenvalue weighted by molar-refractivity contribution is -0.997. The largest absolute Gasteiger partial charge is 0.328 e. The molecule has 0 amide bonds. The fraction of sp³-hybridized carbons (Fsp3) is 0.519. The predicted octanol–water partition coefficient (Wildman–Crippen LogP) is 1.83. The van der Waals surface area contributed by atoms with E-state index in [9.17, 15) is 4.79 Å². The number of fused-ring (bicyclic) bond motifs is 2. The number of hydrogen-bond acceptors (Lipinski definition) is 1. The molecule has 2 saturated heterocycles. The van der Waals surface area contributed by atoms with Gasteiger partial charge in [-0.2, -0.15) is 0 Å². The molecule has 2 aliphatic heterocycles. The second kappa shape index (κ2) is 7.03. The molecule has 2 fully saturated rings. The molecule has 2 aliphatic rings. The Bertz CT molecular complexity index is 818. The second-order valence-electron chi connectivity index (χ2n) is 11.6. The van der Waals surface area contributed by atoms with Gasteiger partial charge in [0.15, 0.2) is 16.6 Å². The summed E-state index contributed by atoms with van der Waals surface area (Å²) in [6.07, 6.45) is 0. The van der Waals surface area contributed by atoms with Crippen LogP contribution < -0.4 is 9.80 Å². The molecule has 2 aromatic carbocycles. The van der Waals surface area contributed by atoms with Gasteiger partial charge in [-0.1, -0.05) is 60.7 Å². The molecule has 3 heteroatoms. The van der Waals surface area contributed by atoms with Crippen LogP contribution in [-0.4, -0.2) is 43.0 Å². The van der Waals surface area contributed by atoms with Crippen LogP contribution in [0.15, 0.2) is 60.7 Å². The summed E-state index contributed by atoms with van der Waals surface area (Å²) in [6.45, 7) is 17.4. The van der Waals surface area contributed by atoms with Gasteiger partial charge >= 0.3 is 0 Å². The lowest BCUT2D eigenvalue weighted by atomic mass is 9.56. The van der Waals surface area contributed by atoms with E-state index >= 15 is 0 Å². The van der Waals surface area contributed by atoms with E-state index in [1.165, 1.54) is 20.9 Å². The first-order chi connectivity index (χ1) is 14.0. The van der Waals surface area contributed by atoms with Crippen molar-refractivity contribution in [2.45, 2.75) is 63.5 Å². The van der Waals surface area contributed by atoms with Crippen LogP contribution in [0.25, 0.3) is 0 Å². The summed E-state index contributed by atoms with van der Waals surface area (Å²) in [7, 11) is 0. The fourth-order valence-corrected chi connectivity index (χ4v) is 5.73. The lowest BCUT2D eigenvalue weighted by Gasteiger charge is -2.57. The van der Waals surface area contributed by atoms with Gasteiger partial charge in [0, 0.05) is 0 Å². The summed E-state index contributed by atoms with van der Waals surface area (Å²) in [5, 5.41) is 0. The lowest BCUT2D eigenvalue weighted by Crippen LogP contribution is -3.31. The topological polar surface area (TPSA) is 26.0 Å². The van der Waals surface area contributed by atoms with Crippen molar-refractivity contribution in [2.24, 2.45) is 0 Å². The molecule has 2 aromatic rings. The Balaban J connectivity index is 1.98. The van der Waals surface area contributed by atoms with E-state index in [2.05, 4.69) is 102 Å². The summed E-state index contributed by atoms with van der Waals surface area (Å²) in [5.41, 5.74) is 1.63. The van der Waals surface area contributed by atoms with Gasteiger partial charge < -0.3 is 9.80 Å². The zero-order valence-electron chi connectivity index (χ0n) is 19.5. The van der Waals surface area contributed by atoms with E-state index in [4.69, 9.17) is 0 Å². The van der Waals surface area contributed by atoms with E-state index in [0.717, 1.165) is 26.2 Å². The third-order valence-electron chi connectivity index (χ3n) is 7.70. The minimum Gasteiger partial charge on any atom is -0.328 e. The number of piperidine rings is 2. The first kappa shape index (κ1) is 21.3. The molecule has 0 atom stereocenters. The van der Waals surface area contributed by atoms with Crippen molar-refractivity contribution in [3.8, 4) is 0 Å². The minimum absolute atomic E-state index is 0.0833. The summed E-state index contributed by atoms with van der Waals surface area (Å²) in [5.74, 6) is 0.438. The number of likely N-dealkylation sites (tertiary alicyclic amines) is 2. The van der Waals surface area contributed by atoms with Crippen LogP contribution in [0.3, 0.4) is 0 Å². The maximum atomic E-state index is 14.6. The van der Waals surface area contributed by atoms with Gasteiger partial charge in [0.1, 0.15) is 26.2 Å². The minimum atomic E-state index is -0.459. The van der Waals surface area contributed by atoms with Crippen molar-refractivity contribution in [1.29, 1.82) is 0 Å². The number of benzene rings is 2. The van der Waals surface area contributed by atoms with E-state index in [-0.39, 0.29) is 11.1 Å². The molecule has 30 heavy (non-hydrogen) atoms. The van der Waals surface area contributed by atoms with Gasteiger partial charge in [0.25, 0.3) is 0 Å². The maximum absolute atomic E-state index is 14.6. The maximum Gasteiger partial charge on any atom is 0.176 e. The quantitative estimate of drug-likeness (QED) is 0.782. The number of ketones is 1. The van der Waals surface area contributed by atoms with Gasteiger partial charge in [-0.15, -0.1) is 0 Å². The Morgan fingerprint density at radius 3 is 1.17 bits per heavy atom. The average molecular weight is 407 g/mol. The number of nitrogens with one attached hydrogen (secondary N) is 2. The summed E-state index contributed by atoms with van der Waals surface area (Å²) in [6, 6.07) is 21.2. The van der Waals surface area contributed by atoms with Crippen LogP contribution in [0.5, 0.6) is 0 Å². The molecule has 2 bridgehead atoms. The number of carbonyl (C=O) groups excluding carboxylic acids is 1. The SMILES string of the molecule is CC(C)(C)[NH+]1CC2(c3ccccc3)C[NH+](C(C)(C)C)CC(c3ccccc3)(C1)C2=O. The zero-order valence-corrected chi connectivity index (χ0v) is 19.5. The first-order valence-corrected chi connectivity index (χ1v) is 11.4. The van der Waals surface area contributed by atoms with Crippen molar-refractivity contribution in [3.05, 3.63) is 71.8 Å². The first-order valence-electron chi connectivity index (χ1n) is 11.4. The average Bonchev–Trinajstić information content (AvgIpc) is 2.68. The highest BCUT2D eigenvalue weighted by molar-refractivity contribution is 6.00. The van der Waals surface area contributed by atoms with Gasteiger partial charge in [0.2, 0.25) is 0 Å². The van der Waals surface area contributed by atoms with E-state index in [1.54, 1.807) is 0 Å². The Labute approximate surface area is 182 Å². The zero-order chi connectivity index (χ0) is 21.8. The van der Waals surface area contributed by atoms with E-state index < -0.39 is 10.8 Å². The van der Waals surface area contributed by atoms with Gasteiger partial charge in [0.05, 0.1) is 11.1 Å². The van der Waals surface area contributed by atoms with Crippen molar-refractivity contribution < 1.29 is 14.6 Å². The molecule has 0 saturated carbocycles. The third kappa shape index (κ3) is 3.33. The molecular formula is C27H38N2O+2. The highest BCUT2D eigenvalue weighted by Gasteiger charge is 2.68. The second-order valence-corrected chi connectivity index (χ2v) is 11.6. The molecule has 0 unspecified atom stereocenters. The third-order valence-corrected chi connectivity index (χ3v) is 7.70. The fourth-order valence-electron chi connectivity index (χ4n) is 5.73.